The smallest absolute Gasteiger partial charge is 0.225 e. The fourth-order valence-electron chi connectivity index (χ4n) is 1.64. The van der Waals surface area contributed by atoms with E-state index in [0.29, 0.717) is 5.91 Å². The standard InChI is InChI=1S/C12H25NO/c1-7-9-10(12(3,4)5)11(14)13(6)8-2/h10H,7-9H2,1-6H3/t10-/m1/s1. The number of hydrogen-bond donors (Lipinski definition) is 0. The molecule has 1 atom stereocenters. The van der Waals surface area contributed by atoms with Crippen molar-refractivity contribution in [3.05, 3.63) is 0 Å². The maximum atomic E-state index is 12.0. The quantitative estimate of drug-likeness (QED) is 0.681. The van der Waals surface area contributed by atoms with E-state index in [1.54, 1.807) is 0 Å². The summed E-state index contributed by atoms with van der Waals surface area (Å²) in [7, 11) is 1.89. The van der Waals surface area contributed by atoms with Crippen molar-refractivity contribution in [2.24, 2.45) is 11.3 Å². The van der Waals surface area contributed by atoms with Crippen molar-refractivity contribution >= 4 is 5.91 Å². The molecule has 0 N–H and O–H groups in total. The average molecular weight is 199 g/mol. The summed E-state index contributed by atoms with van der Waals surface area (Å²) in [6.45, 7) is 11.4. The van der Waals surface area contributed by atoms with Gasteiger partial charge in [0.1, 0.15) is 0 Å². The highest BCUT2D eigenvalue weighted by Crippen LogP contribution is 2.31. The molecule has 0 aromatic heterocycles. The van der Waals surface area contributed by atoms with Gasteiger partial charge in [-0.25, -0.2) is 0 Å². The predicted octanol–water partition coefficient (Wildman–Crippen LogP) is 2.93. The number of nitrogens with zero attached hydrogens (tertiary/aromatic N) is 1. The van der Waals surface area contributed by atoms with Crippen LogP contribution in [0, 0.1) is 11.3 Å². The zero-order chi connectivity index (χ0) is 11.4. The molecule has 0 heterocycles. The van der Waals surface area contributed by atoms with Crippen LogP contribution >= 0.6 is 0 Å². The van der Waals surface area contributed by atoms with Crippen LogP contribution in [0.3, 0.4) is 0 Å². The van der Waals surface area contributed by atoms with Crippen LogP contribution in [0.1, 0.15) is 47.5 Å². The zero-order valence-corrected chi connectivity index (χ0v) is 10.6. The normalized spacial score (nSPS) is 13.9. The molecule has 0 saturated heterocycles. The molecule has 0 aliphatic rings. The summed E-state index contributed by atoms with van der Waals surface area (Å²) in [4.78, 5) is 13.9. The van der Waals surface area contributed by atoms with E-state index < -0.39 is 0 Å². The van der Waals surface area contributed by atoms with Gasteiger partial charge in [0.2, 0.25) is 5.91 Å². The van der Waals surface area contributed by atoms with Crippen LogP contribution < -0.4 is 0 Å². The van der Waals surface area contributed by atoms with Gasteiger partial charge in [0.05, 0.1) is 0 Å². The lowest BCUT2D eigenvalue weighted by Gasteiger charge is -2.32. The molecule has 0 fully saturated rings. The minimum Gasteiger partial charge on any atom is -0.346 e. The molecule has 0 aliphatic heterocycles. The van der Waals surface area contributed by atoms with Crippen LogP contribution in [0.15, 0.2) is 0 Å². The maximum Gasteiger partial charge on any atom is 0.225 e. The Balaban J connectivity index is 4.57. The van der Waals surface area contributed by atoms with Gasteiger partial charge in [0.25, 0.3) is 0 Å². The fourth-order valence-corrected chi connectivity index (χ4v) is 1.64. The van der Waals surface area contributed by atoms with E-state index in [-0.39, 0.29) is 11.3 Å². The molecule has 0 radical (unpaired) electrons. The predicted molar refractivity (Wildman–Crippen MR) is 61.2 cm³/mol. The van der Waals surface area contributed by atoms with E-state index in [1.165, 1.54) is 0 Å². The average Bonchev–Trinajstić information content (AvgIpc) is 2.09. The molecule has 0 spiro atoms. The molecule has 0 aromatic rings. The number of carbonyl (C=O) groups excluding carboxylic acids is 1. The van der Waals surface area contributed by atoms with Gasteiger partial charge in [-0.3, -0.25) is 4.79 Å². The van der Waals surface area contributed by atoms with Crippen molar-refractivity contribution in [1.82, 2.24) is 4.90 Å². The summed E-state index contributed by atoms with van der Waals surface area (Å²) in [5.74, 6) is 0.458. The third kappa shape index (κ3) is 3.69. The van der Waals surface area contributed by atoms with Gasteiger partial charge in [-0.05, 0) is 18.8 Å². The summed E-state index contributed by atoms with van der Waals surface area (Å²) in [6.07, 6.45) is 2.07. The molecule has 0 rings (SSSR count). The molecule has 0 bridgehead atoms. The molecular formula is C12H25NO. The summed E-state index contributed by atoms with van der Waals surface area (Å²) in [5.41, 5.74) is 0.0799. The second-order valence-electron chi connectivity index (χ2n) is 5.06. The van der Waals surface area contributed by atoms with Gasteiger partial charge < -0.3 is 4.90 Å². The van der Waals surface area contributed by atoms with E-state index in [2.05, 4.69) is 27.7 Å². The molecule has 0 saturated carbocycles. The van der Waals surface area contributed by atoms with E-state index in [9.17, 15) is 4.79 Å². The Morgan fingerprint density at radius 3 is 2.07 bits per heavy atom. The SMILES string of the molecule is CCC[C@H](C(=O)N(C)CC)C(C)(C)C. The van der Waals surface area contributed by atoms with Crippen LogP contribution in [0.5, 0.6) is 0 Å². The van der Waals surface area contributed by atoms with Crippen LogP contribution in [0.25, 0.3) is 0 Å². The number of carbonyl (C=O) groups is 1. The van der Waals surface area contributed by atoms with Crippen molar-refractivity contribution in [2.45, 2.75) is 47.5 Å². The van der Waals surface area contributed by atoms with E-state index in [0.717, 1.165) is 19.4 Å². The molecule has 84 valence electrons. The molecule has 2 nitrogen and oxygen atoms in total. The molecule has 14 heavy (non-hydrogen) atoms. The van der Waals surface area contributed by atoms with Crippen LogP contribution in [-0.2, 0) is 4.79 Å². The first-order valence-corrected chi connectivity index (χ1v) is 5.59. The first-order chi connectivity index (χ1) is 6.34. The van der Waals surface area contributed by atoms with E-state index in [1.807, 2.05) is 18.9 Å². The lowest BCUT2D eigenvalue weighted by atomic mass is 9.77. The van der Waals surface area contributed by atoms with Crippen molar-refractivity contribution in [3.63, 3.8) is 0 Å². The van der Waals surface area contributed by atoms with E-state index >= 15 is 0 Å². The monoisotopic (exact) mass is 199 g/mol. The maximum absolute atomic E-state index is 12.0. The number of hydrogen-bond acceptors (Lipinski definition) is 1. The van der Waals surface area contributed by atoms with Crippen LogP contribution in [-0.4, -0.2) is 24.4 Å². The van der Waals surface area contributed by atoms with E-state index in [4.69, 9.17) is 0 Å². The minimum atomic E-state index is 0.0799. The Bertz CT molecular complexity index is 181. The minimum absolute atomic E-state index is 0.0799. The third-order valence-corrected chi connectivity index (χ3v) is 2.77. The molecule has 1 amide bonds. The van der Waals surface area contributed by atoms with Crippen molar-refractivity contribution in [2.75, 3.05) is 13.6 Å². The highest BCUT2D eigenvalue weighted by Gasteiger charge is 2.31. The van der Waals surface area contributed by atoms with Gasteiger partial charge >= 0.3 is 0 Å². The zero-order valence-electron chi connectivity index (χ0n) is 10.6. The second kappa shape index (κ2) is 5.38. The summed E-state index contributed by atoms with van der Waals surface area (Å²) < 4.78 is 0. The lowest BCUT2D eigenvalue weighted by molar-refractivity contribution is -0.137. The van der Waals surface area contributed by atoms with Gasteiger partial charge in [-0.15, -0.1) is 0 Å². The van der Waals surface area contributed by atoms with Gasteiger partial charge in [-0.2, -0.15) is 0 Å². The topological polar surface area (TPSA) is 20.3 Å². The Morgan fingerprint density at radius 1 is 1.29 bits per heavy atom. The molecular weight excluding hydrogens is 174 g/mol. The summed E-state index contributed by atoms with van der Waals surface area (Å²) >= 11 is 0. The Hall–Kier alpha value is -0.530. The van der Waals surface area contributed by atoms with Crippen molar-refractivity contribution in [3.8, 4) is 0 Å². The molecule has 2 heteroatoms. The first kappa shape index (κ1) is 13.5. The lowest BCUT2D eigenvalue weighted by Crippen LogP contribution is -2.39. The summed E-state index contributed by atoms with van der Waals surface area (Å²) in [5, 5.41) is 0. The Kier molecular flexibility index (Phi) is 5.17. The van der Waals surface area contributed by atoms with Crippen molar-refractivity contribution < 1.29 is 4.79 Å². The van der Waals surface area contributed by atoms with Crippen LogP contribution in [0.2, 0.25) is 0 Å². The largest absolute Gasteiger partial charge is 0.346 e. The molecule has 0 aromatic carbocycles. The first-order valence-electron chi connectivity index (χ1n) is 5.59. The number of rotatable bonds is 4. The Labute approximate surface area is 88.7 Å². The summed E-state index contributed by atoms with van der Waals surface area (Å²) in [6, 6.07) is 0. The highest BCUT2D eigenvalue weighted by atomic mass is 16.2. The highest BCUT2D eigenvalue weighted by molar-refractivity contribution is 5.79. The van der Waals surface area contributed by atoms with Gasteiger partial charge in [0, 0.05) is 19.5 Å². The molecule has 0 unspecified atom stereocenters. The van der Waals surface area contributed by atoms with Crippen LogP contribution in [0.4, 0.5) is 0 Å². The number of amides is 1. The Morgan fingerprint density at radius 2 is 1.79 bits per heavy atom. The fraction of sp³-hybridized carbons (Fsp3) is 0.917. The van der Waals surface area contributed by atoms with Gasteiger partial charge in [-0.1, -0.05) is 34.1 Å². The second-order valence-corrected chi connectivity index (χ2v) is 5.06. The van der Waals surface area contributed by atoms with Crippen molar-refractivity contribution in [1.29, 1.82) is 0 Å². The third-order valence-electron chi connectivity index (χ3n) is 2.77. The van der Waals surface area contributed by atoms with Gasteiger partial charge in [0.15, 0.2) is 0 Å². The molecule has 0 aliphatic carbocycles.